The number of amidine groups is 1. The summed E-state index contributed by atoms with van der Waals surface area (Å²) in [6.07, 6.45) is 5.05. The zero-order valence-electron chi connectivity index (χ0n) is 12.0. The largest absolute Gasteiger partial charge is 0.409 e. The lowest BCUT2D eigenvalue weighted by molar-refractivity contribution is 0.318. The minimum absolute atomic E-state index is 0.0375. The van der Waals surface area contributed by atoms with Gasteiger partial charge in [0.2, 0.25) is 0 Å². The molecule has 0 aliphatic heterocycles. The molecule has 5 heteroatoms. The second-order valence-corrected chi connectivity index (χ2v) is 6.09. The molecule has 1 aliphatic carbocycles. The third kappa shape index (κ3) is 3.18. The first-order valence-corrected chi connectivity index (χ1v) is 7.41. The van der Waals surface area contributed by atoms with E-state index in [2.05, 4.69) is 24.0 Å². The van der Waals surface area contributed by atoms with E-state index in [-0.39, 0.29) is 5.84 Å². The van der Waals surface area contributed by atoms with Crippen LogP contribution < -0.4 is 10.6 Å². The lowest BCUT2D eigenvalue weighted by Gasteiger charge is -2.35. The number of rotatable bonds is 3. The van der Waals surface area contributed by atoms with Crippen molar-refractivity contribution in [1.29, 1.82) is 0 Å². The molecule has 0 aromatic heterocycles. The van der Waals surface area contributed by atoms with E-state index >= 15 is 0 Å². The number of oxime groups is 1. The Labute approximate surface area is 125 Å². The van der Waals surface area contributed by atoms with Gasteiger partial charge in [-0.3, -0.25) is 0 Å². The minimum atomic E-state index is 0.0375. The van der Waals surface area contributed by atoms with Gasteiger partial charge >= 0.3 is 0 Å². The molecule has 110 valence electrons. The second-order valence-electron chi connectivity index (χ2n) is 5.69. The third-order valence-corrected chi connectivity index (χ3v) is 4.51. The summed E-state index contributed by atoms with van der Waals surface area (Å²) in [5.41, 5.74) is 7.22. The highest BCUT2D eigenvalue weighted by molar-refractivity contribution is 6.34. The lowest BCUT2D eigenvalue weighted by Crippen LogP contribution is -2.35. The molecule has 1 saturated carbocycles. The standard InChI is InChI=1S/C15H22ClN3O/c1-10-4-3-5-11(8-10)19(2)12-6-7-13(14(16)9-12)15(17)18-20/h6-7,9-11,20H,3-5,8H2,1-2H3,(H2,17,18). The molecule has 1 aliphatic rings. The van der Waals surface area contributed by atoms with Crippen molar-refractivity contribution in [2.24, 2.45) is 16.8 Å². The molecular weight excluding hydrogens is 274 g/mol. The van der Waals surface area contributed by atoms with E-state index in [0.29, 0.717) is 16.6 Å². The van der Waals surface area contributed by atoms with Gasteiger partial charge in [0.15, 0.2) is 5.84 Å². The molecule has 0 amide bonds. The van der Waals surface area contributed by atoms with Crippen molar-refractivity contribution in [2.45, 2.75) is 38.6 Å². The Morgan fingerprint density at radius 2 is 2.20 bits per heavy atom. The van der Waals surface area contributed by atoms with Gasteiger partial charge in [-0.15, -0.1) is 0 Å². The molecule has 3 N–H and O–H groups in total. The number of nitrogens with two attached hydrogens (primary N) is 1. The average molecular weight is 296 g/mol. The monoisotopic (exact) mass is 295 g/mol. The van der Waals surface area contributed by atoms with E-state index in [0.717, 1.165) is 11.6 Å². The van der Waals surface area contributed by atoms with Crippen molar-refractivity contribution in [2.75, 3.05) is 11.9 Å². The molecule has 0 saturated heterocycles. The molecule has 2 unspecified atom stereocenters. The summed E-state index contributed by atoms with van der Waals surface area (Å²) >= 11 is 6.22. The number of hydrogen-bond donors (Lipinski definition) is 2. The van der Waals surface area contributed by atoms with Crippen LogP contribution in [-0.4, -0.2) is 24.1 Å². The molecule has 20 heavy (non-hydrogen) atoms. The van der Waals surface area contributed by atoms with Gasteiger partial charge in [-0.1, -0.05) is 36.5 Å². The van der Waals surface area contributed by atoms with Gasteiger partial charge in [-0.2, -0.15) is 0 Å². The van der Waals surface area contributed by atoms with E-state index in [1.807, 2.05) is 12.1 Å². The minimum Gasteiger partial charge on any atom is -0.409 e. The number of benzene rings is 1. The van der Waals surface area contributed by atoms with Crippen LogP contribution in [0.1, 0.15) is 38.2 Å². The zero-order valence-corrected chi connectivity index (χ0v) is 12.8. The molecule has 2 rings (SSSR count). The summed E-state index contributed by atoms with van der Waals surface area (Å²) in [7, 11) is 2.11. The summed E-state index contributed by atoms with van der Waals surface area (Å²) in [5, 5.41) is 12.2. The number of anilines is 1. The van der Waals surface area contributed by atoms with Crippen LogP contribution in [0.2, 0.25) is 5.02 Å². The SMILES string of the molecule is CC1CCCC(N(C)c2ccc(C(N)=NO)c(Cl)c2)C1. The molecule has 4 nitrogen and oxygen atoms in total. The van der Waals surface area contributed by atoms with Crippen molar-refractivity contribution >= 4 is 23.1 Å². The van der Waals surface area contributed by atoms with Gasteiger partial charge in [-0.25, -0.2) is 0 Å². The average Bonchev–Trinajstić information content (AvgIpc) is 2.45. The summed E-state index contributed by atoms with van der Waals surface area (Å²) in [4.78, 5) is 2.29. The molecule has 0 radical (unpaired) electrons. The highest BCUT2D eigenvalue weighted by Crippen LogP contribution is 2.31. The van der Waals surface area contributed by atoms with E-state index in [1.54, 1.807) is 6.07 Å². The Hall–Kier alpha value is -1.42. The quantitative estimate of drug-likeness (QED) is 0.388. The predicted molar refractivity (Wildman–Crippen MR) is 83.8 cm³/mol. The summed E-state index contributed by atoms with van der Waals surface area (Å²) in [6, 6.07) is 6.21. The summed E-state index contributed by atoms with van der Waals surface area (Å²) in [5.74, 6) is 0.818. The third-order valence-electron chi connectivity index (χ3n) is 4.20. The zero-order chi connectivity index (χ0) is 14.7. The van der Waals surface area contributed by atoms with Crippen LogP contribution in [0.25, 0.3) is 0 Å². The van der Waals surface area contributed by atoms with Gasteiger partial charge in [0.1, 0.15) is 0 Å². The Morgan fingerprint density at radius 1 is 1.45 bits per heavy atom. The maximum absolute atomic E-state index is 8.72. The van der Waals surface area contributed by atoms with Crippen molar-refractivity contribution < 1.29 is 5.21 Å². The van der Waals surface area contributed by atoms with Gasteiger partial charge in [-0.05, 0) is 37.0 Å². The fourth-order valence-electron chi connectivity index (χ4n) is 2.95. The Balaban J connectivity index is 2.18. The molecule has 0 spiro atoms. The molecule has 0 heterocycles. The Kier molecular flexibility index (Phi) is 4.76. The molecule has 1 fully saturated rings. The van der Waals surface area contributed by atoms with Crippen LogP contribution in [0, 0.1) is 5.92 Å². The van der Waals surface area contributed by atoms with Crippen LogP contribution in [0.3, 0.4) is 0 Å². The van der Waals surface area contributed by atoms with Crippen molar-refractivity contribution in [3.8, 4) is 0 Å². The van der Waals surface area contributed by atoms with Crippen LogP contribution in [0.5, 0.6) is 0 Å². The number of halogens is 1. The predicted octanol–water partition coefficient (Wildman–Crippen LogP) is 3.45. The molecular formula is C15H22ClN3O. The van der Waals surface area contributed by atoms with Crippen LogP contribution in [0.4, 0.5) is 5.69 Å². The first kappa shape index (κ1) is 15.0. The van der Waals surface area contributed by atoms with Gasteiger partial charge < -0.3 is 15.8 Å². The van der Waals surface area contributed by atoms with Gasteiger partial charge in [0.25, 0.3) is 0 Å². The Bertz CT molecular complexity index is 504. The fourth-order valence-corrected chi connectivity index (χ4v) is 3.22. The lowest BCUT2D eigenvalue weighted by atomic mass is 9.86. The Morgan fingerprint density at radius 3 is 2.80 bits per heavy atom. The normalized spacial score (nSPS) is 23.6. The first-order valence-electron chi connectivity index (χ1n) is 7.03. The summed E-state index contributed by atoms with van der Waals surface area (Å²) in [6.45, 7) is 2.31. The topological polar surface area (TPSA) is 61.8 Å². The van der Waals surface area contributed by atoms with E-state index in [1.165, 1.54) is 25.7 Å². The van der Waals surface area contributed by atoms with Crippen molar-refractivity contribution in [3.63, 3.8) is 0 Å². The van der Waals surface area contributed by atoms with Gasteiger partial charge in [0.05, 0.1) is 5.02 Å². The molecule has 0 bridgehead atoms. The summed E-state index contributed by atoms with van der Waals surface area (Å²) < 4.78 is 0. The van der Waals surface area contributed by atoms with Crippen molar-refractivity contribution in [1.82, 2.24) is 0 Å². The molecule has 2 atom stereocenters. The number of hydrogen-bond acceptors (Lipinski definition) is 3. The van der Waals surface area contributed by atoms with Crippen LogP contribution >= 0.6 is 11.6 Å². The second kappa shape index (κ2) is 6.35. The fraction of sp³-hybridized carbons (Fsp3) is 0.533. The van der Waals surface area contributed by atoms with E-state index in [9.17, 15) is 0 Å². The van der Waals surface area contributed by atoms with Crippen LogP contribution in [0.15, 0.2) is 23.4 Å². The van der Waals surface area contributed by atoms with Gasteiger partial charge in [0, 0.05) is 24.3 Å². The number of nitrogens with zero attached hydrogens (tertiary/aromatic N) is 2. The van der Waals surface area contributed by atoms with Crippen molar-refractivity contribution in [3.05, 3.63) is 28.8 Å². The molecule has 1 aromatic rings. The van der Waals surface area contributed by atoms with Crippen LogP contribution in [-0.2, 0) is 0 Å². The van der Waals surface area contributed by atoms with E-state index < -0.39 is 0 Å². The highest BCUT2D eigenvalue weighted by Gasteiger charge is 2.23. The highest BCUT2D eigenvalue weighted by atomic mass is 35.5. The maximum Gasteiger partial charge on any atom is 0.171 e. The van der Waals surface area contributed by atoms with E-state index in [4.69, 9.17) is 22.5 Å². The molecule has 1 aromatic carbocycles. The maximum atomic E-state index is 8.72. The smallest absolute Gasteiger partial charge is 0.171 e. The first-order chi connectivity index (χ1) is 9.52.